The van der Waals surface area contributed by atoms with Gasteiger partial charge in [0.05, 0.1) is 24.5 Å². The maximum atomic E-state index is 14.4. The number of fused-ring (bicyclic) bond motifs is 1. The van der Waals surface area contributed by atoms with Gasteiger partial charge in [0.25, 0.3) is 5.56 Å². The minimum Gasteiger partial charge on any atom is -0.368 e. The predicted molar refractivity (Wildman–Crippen MR) is 112 cm³/mol. The zero-order chi connectivity index (χ0) is 22.4. The van der Waals surface area contributed by atoms with Gasteiger partial charge in [0.2, 0.25) is 5.95 Å². The maximum Gasteiger partial charge on any atom is 0.285 e. The number of nitrogen functional groups attached to an aromatic ring is 1. The number of halogens is 1. The van der Waals surface area contributed by atoms with E-state index in [1.165, 1.54) is 17.0 Å². The van der Waals surface area contributed by atoms with Crippen molar-refractivity contribution in [1.29, 1.82) is 5.26 Å². The van der Waals surface area contributed by atoms with Crippen LogP contribution in [0.3, 0.4) is 0 Å². The number of hydrogen-bond acceptors (Lipinski definition) is 8. The minimum absolute atomic E-state index is 0.0172. The molecule has 0 spiro atoms. The molecule has 3 aromatic heterocycles. The standard InChI is InChI=1S/C21H15FN8O2/c22-15-6-7-29-17(15)20(32)30(13-4-2-1-3-5-13)19(27-29)16-8-14(31)11-28(16)18-12(9-23)10-25-21(24)26-18/h1-7,10,16H,8,11H2,(H2,24,25,26)/t16-/m0/s1. The smallest absolute Gasteiger partial charge is 0.285 e. The molecule has 0 saturated carbocycles. The third kappa shape index (κ3) is 2.97. The third-order valence-corrected chi connectivity index (χ3v) is 5.30. The Morgan fingerprint density at radius 2 is 1.97 bits per heavy atom. The predicted octanol–water partition coefficient (Wildman–Crippen LogP) is 1.39. The zero-order valence-corrected chi connectivity index (χ0v) is 16.5. The van der Waals surface area contributed by atoms with Crippen molar-refractivity contribution >= 4 is 23.1 Å². The largest absolute Gasteiger partial charge is 0.368 e. The number of nitriles is 1. The number of benzene rings is 1. The number of para-hydroxylation sites is 1. The van der Waals surface area contributed by atoms with Gasteiger partial charge in [0.1, 0.15) is 11.6 Å². The van der Waals surface area contributed by atoms with Gasteiger partial charge in [-0.15, -0.1) is 0 Å². The molecule has 0 bridgehead atoms. The summed E-state index contributed by atoms with van der Waals surface area (Å²) >= 11 is 0. The van der Waals surface area contributed by atoms with Crippen LogP contribution in [0.1, 0.15) is 23.9 Å². The summed E-state index contributed by atoms with van der Waals surface area (Å²) in [5.41, 5.74) is 5.49. The Morgan fingerprint density at radius 3 is 2.72 bits per heavy atom. The number of hydrogen-bond donors (Lipinski definition) is 1. The van der Waals surface area contributed by atoms with Crippen molar-refractivity contribution < 1.29 is 9.18 Å². The average Bonchev–Trinajstić information content (AvgIpc) is 3.36. The number of carbonyl (C=O) groups excluding carboxylic acids is 1. The molecular formula is C21H15FN8O2. The molecule has 5 rings (SSSR count). The van der Waals surface area contributed by atoms with Gasteiger partial charge in [-0.25, -0.2) is 13.9 Å². The number of ketones is 1. The van der Waals surface area contributed by atoms with E-state index in [0.29, 0.717) is 5.69 Å². The third-order valence-electron chi connectivity index (χ3n) is 5.30. The van der Waals surface area contributed by atoms with E-state index >= 15 is 0 Å². The highest BCUT2D eigenvalue weighted by Crippen LogP contribution is 2.35. The number of carbonyl (C=O) groups is 1. The van der Waals surface area contributed by atoms with Gasteiger partial charge in [0.15, 0.2) is 28.8 Å². The molecule has 158 valence electrons. The first-order valence-corrected chi connectivity index (χ1v) is 9.64. The van der Waals surface area contributed by atoms with Gasteiger partial charge in [0, 0.05) is 12.6 Å². The van der Waals surface area contributed by atoms with Gasteiger partial charge in [-0.3, -0.25) is 14.2 Å². The molecule has 1 saturated heterocycles. The molecule has 1 atom stereocenters. The van der Waals surface area contributed by atoms with E-state index < -0.39 is 17.4 Å². The molecule has 1 aromatic carbocycles. The molecule has 4 heterocycles. The van der Waals surface area contributed by atoms with Crippen molar-refractivity contribution in [2.24, 2.45) is 0 Å². The molecule has 1 aliphatic heterocycles. The van der Waals surface area contributed by atoms with Crippen molar-refractivity contribution in [1.82, 2.24) is 24.1 Å². The highest BCUT2D eigenvalue weighted by Gasteiger charge is 2.38. The second-order valence-corrected chi connectivity index (χ2v) is 7.25. The average molecular weight is 430 g/mol. The van der Waals surface area contributed by atoms with Crippen molar-refractivity contribution in [3.05, 3.63) is 76.4 Å². The molecule has 0 aliphatic carbocycles. The van der Waals surface area contributed by atoms with Crippen LogP contribution in [0, 0.1) is 17.1 Å². The summed E-state index contributed by atoms with van der Waals surface area (Å²) < 4.78 is 16.8. The first kappa shape index (κ1) is 19.4. The van der Waals surface area contributed by atoms with Gasteiger partial charge in [-0.1, -0.05) is 18.2 Å². The molecule has 11 heteroatoms. The Bertz CT molecular complexity index is 1470. The Kier molecular flexibility index (Phi) is 4.41. The molecule has 10 nitrogen and oxygen atoms in total. The highest BCUT2D eigenvalue weighted by molar-refractivity contribution is 5.88. The van der Waals surface area contributed by atoms with Crippen LogP contribution < -0.4 is 16.2 Å². The molecule has 0 unspecified atom stereocenters. The summed E-state index contributed by atoms with van der Waals surface area (Å²) in [6.07, 6.45) is 2.64. The first-order valence-electron chi connectivity index (χ1n) is 9.64. The Morgan fingerprint density at radius 1 is 1.19 bits per heavy atom. The topological polar surface area (TPSA) is 135 Å². The molecular weight excluding hydrogens is 415 g/mol. The van der Waals surface area contributed by atoms with Gasteiger partial charge in [-0.05, 0) is 18.2 Å². The van der Waals surface area contributed by atoms with Gasteiger partial charge in [-0.2, -0.15) is 15.3 Å². The number of nitrogens with zero attached hydrogens (tertiary/aromatic N) is 7. The first-order chi connectivity index (χ1) is 15.5. The van der Waals surface area contributed by atoms with Gasteiger partial charge < -0.3 is 10.6 Å². The molecule has 1 fully saturated rings. The second kappa shape index (κ2) is 7.28. The lowest BCUT2D eigenvalue weighted by Crippen LogP contribution is -2.34. The molecule has 32 heavy (non-hydrogen) atoms. The number of Topliss-reactive ketones (excluding diaryl/α,β-unsaturated/α-hetero) is 1. The zero-order valence-electron chi connectivity index (χ0n) is 16.5. The summed E-state index contributed by atoms with van der Waals surface area (Å²) in [6.45, 7) is -0.0570. The molecule has 2 N–H and O–H groups in total. The molecule has 0 radical (unpaired) electrons. The van der Waals surface area contributed by atoms with E-state index in [0.717, 1.165) is 10.6 Å². The van der Waals surface area contributed by atoms with E-state index in [1.54, 1.807) is 35.2 Å². The number of aromatic nitrogens is 5. The SMILES string of the molecule is N#Cc1cnc(N)nc1N1CC(=O)C[C@H]1c1nn2ccc(F)c2c(=O)n1-c1ccccc1. The van der Waals surface area contributed by atoms with E-state index in [2.05, 4.69) is 15.1 Å². The lowest BCUT2D eigenvalue weighted by atomic mass is 10.1. The van der Waals surface area contributed by atoms with Crippen LogP contribution in [0.2, 0.25) is 0 Å². The lowest BCUT2D eigenvalue weighted by molar-refractivity contribution is -0.116. The summed E-state index contributed by atoms with van der Waals surface area (Å²) in [4.78, 5) is 35.4. The summed E-state index contributed by atoms with van der Waals surface area (Å²) in [5.74, 6) is -0.523. The fourth-order valence-corrected chi connectivity index (χ4v) is 3.92. The van der Waals surface area contributed by atoms with Crippen LogP contribution in [-0.2, 0) is 4.79 Å². The van der Waals surface area contributed by atoms with Crippen LogP contribution in [0.25, 0.3) is 11.2 Å². The van der Waals surface area contributed by atoms with Crippen LogP contribution in [0.4, 0.5) is 16.2 Å². The Labute approximate surface area is 180 Å². The minimum atomic E-state index is -0.744. The number of anilines is 2. The van der Waals surface area contributed by atoms with Crippen LogP contribution in [0.15, 0.2) is 53.6 Å². The number of rotatable bonds is 3. The number of nitrogens with two attached hydrogens (primary N) is 1. The van der Waals surface area contributed by atoms with Crippen LogP contribution >= 0.6 is 0 Å². The summed E-state index contributed by atoms with van der Waals surface area (Å²) in [7, 11) is 0. The van der Waals surface area contributed by atoms with Crippen LogP contribution in [-0.4, -0.2) is 36.5 Å². The monoisotopic (exact) mass is 430 g/mol. The highest BCUT2D eigenvalue weighted by atomic mass is 19.1. The molecule has 0 amide bonds. The van der Waals surface area contributed by atoms with Crippen LogP contribution in [0.5, 0.6) is 0 Å². The molecule has 1 aliphatic rings. The fraction of sp³-hybridized carbons (Fsp3) is 0.143. The Hall–Kier alpha value is -4.59. The summed E-state index contributed by atoms with van der Waals surface area (Å²) in [5, 5.41) is 14.0. The van der Waals surface area contributed by atoms with E-state index in [-0.39, 0.29) is 47.4 Å². The summed E-state index contributed by atoms with van der Waals surface area (Å²) in [6, 6.07) is 11.0. The van der Waals surface area contributed by atoms with E-state index in [4.69, 9.17) is 5.73 Å². The molecule has 4 aromatic rings. The van der Waals surface area contributed by atoms with Crippen molar-refractivity contribution in [2.75, 3.05) is 17.2 Å². The fourth-order valence-electron chi connectivity index (χ4n) is 3.92. The Balaban J connectivity index is 1.79. The quantitative estimate of drug-likeness (QED) is 0.515. The van der Waals surface area contributed by atoms with Gasteiger partial charge >= 0.3 is 0 Å². The maximum absolute atomic E-state index is 14.4. The van der Waals surface area contributed by atoms with E-state index in [1.807, 2.05) is 6.07 Å². The van der Waals surface area contributed by atoms with Crippen molar-refractivity contribution in [3.8, 4) is 11.8 Å². The lowest BCUT2D eigenvalue weighted by Gasteiger charge is -2.27. The van der Waals surface area contributed by atoms with E-state index in [9.17, 15) is 19.2 Å². The van der Waals surface area contributed by atoms with Crippen molar-refractivity contribution in [3.63, 3.8) is 0 Å². The normalized spacial score (nSPS) is 15.9. The van der Waals surface area contributed by atoms with Crippen molar-refractivity contribution in [2.45, 2.75) is 12.5 Å². The second-order valence-electron chi connectivity index (χ2n) is 7.25.